The van der Waals surface area contributed by atoms with Crippen LogP contribution in [0.25, 0.3) is 5.57 Å². The molecular weight excluding hydrogens is 172 g/mol. The highest BCUT2D eigenvalue weighted by molar-refractivity contribution is 5.67. The fourth-order valence-corrected chi connectivity index (χ4v) is 1.34. The van der Waals surface area contributed by atoms with Crippen molar-refractivity contribution in [2.75, 3.05) is 18.9 Å². The van der Waals surface area contributed by atoms with Crippen molar-refractivity contribution in [3.05, 3.63) is 35.9 Å². The molecule has 14 heavy (non-hydrogen) atoms. The lowest BCUT2D eigenvalue weighted by molar-refractivity contribution is 1.01. The van der Waals surface area contributed by atoms with E-state index in [1.165, 1.54) is 11.1 Å². The van der Waals surface area contributed by atoms with Gasteiger partial charge in [-0.15, -0.1) is 0 Å². The first-order valence-corrected chi connectivity index (χ1v) is 4.93. The molecular formula is C12H18N2. The lowest BCUT2D eigenvalue weighted by Gasteiger charge is -2.05. The Morgan fingerprint density at radius 2 is 2.29 bits per heavy atom. The van der Waals surface area contributed by atoms with Gasteiger partial charge in [0.1, 0.15) is 0 Å². The maximum absolute atomic E-state index is 5.45. The van der Waals surface area contributed by atoms with Crippen LogP contribution in [0.3, 0.4) is 0 Å². The highest BCUT2D eigenvalue weighted by Crippen LogP contribution is 2.18. The summed E-state index contributed by atoms with van der Waals surface area (Å²) < 4.78 is 0. The van der Waals surface area contributed by atoms with Gasteiger partial charge in [-0.25, -0.2) is 0 Å². The molecule has 2 nitrogen and oxygen atoms in total. The Morgan fingerprint density at radius 1 is 1.50 bits per heavy atom. The largest absolute Gasteiger partial charge is 0.388 e. The van der Waals surface area contributed by atoms with Crippen LogP contribution in [0.15, 0.2) is 30.3 Å². The van der Waals surface area contributed by atoms with Crippen LogP contribution in [0, 0.1) is 0 Å². The molecule has 0 atom stereocenters. The van der Waals surface area contributed by atoms with Crippen molar-refractivity contribution in [3.8, 4) is 0 Å². The summed E-state index contributed by atoms with van der Waals surface area (Å²) in [5, 5.41) is 3.13. The number of allylic oxidation sites excluding steroid dienone is 1. The minimum atomic E-state index is 0.711. The summed E-state index contributed by atoms with van der Waals surface area (Å²) in [5.74, 6) is 0. The second kappa shape index (κ2) is 5.45. The highest BCUT2D eigenvalue weighted by atomic mass is 14.8. The summed E-state index contributed by atoms with van der Waals surface area (Å²) in [6, 6.07) is 8.37. The SMILES string of the molecule is CNc1cccc(C(C)=CCCN)c1. The Balaban J connectivity index is 2.84. The molecule has 0 aliphatic carbocycles. The molecule has 1 aromatic rings. The third-order valence-corrected chi connectivity index (χ3v) is 2.22. The van der Waals surface area contributed by atoms with Crippen LogP contribution in [0.4, 0.5) is 5.69 Å². The van der Waals surface area contributed by atoms with Gasteiger partial charge in [0.05, 0.1) is 0 Å². The van der Waals surface area contributed by atoms with Crippen LogP contribution in [0.5, 0.6) is 0 Å². The highest BCUT2D eigenvalue weighted by Gasteiger charge is 1.95. The molecule has 0 spiro atoms. The van der Waals surface area contributed by atoms with Crippen molar-refractivity contribution in [3.63, 3.8) is 0 Å². The number of hydrogen-bond acceptors (Lipinski definition) is 2. The van der Waals surface area contributed by atoms with Crippen LogP contribution in [0.1, 0.15) is 18.9 Å². The molecule has 0 radical (unpaired) electrons. The molecule has 1 aromatic carbocycles. The van der Waals surface area contributed by atoms with Gasteiger partial charge < -0.3 is 11.1 Å². The minimum Gasteiger partial charge on any atom is -0.388 e. The molecule has 0 fully saturated rings. The summed E-state index contributed by atoms with van der Waals surface area (Å²) >= 11 is 0. The zero-order valence-electron chi connectivity index (χ0n) is 8.88. The molecule has 0 heterocycles. The van der Waals surface area contributed by atoms with E-state index >= 15 is 0 Å². The van der Waals surface area contributed by atoms with Crippen molar-refractivity contribution in [2.24, 2.45) is 5.73 Å². The summed E-state index contributed by atoms with van der Waals surface area (Å²) in [6.07, 6.45) is 3.12. The second-order valence-electron chi connectivity index (χ2n) is 3.30. The maximum atomic E-state index is 5.45. The molecule has 0 saturated heterocycles. The second-order valence-corrected chi connectivity index (χ2v) is 3.30. The van der Waals surface area contributed by atoms with Crippen molar-refractivity contribution in [1.29, 1.82) is 0 Å². The zero-order valence-corrected chi connectivity index (χ0v) is 8.88. The Hall–Kier alpha value is -1.28. The lowest BCUT2D eigenvalue weighted by Crippen LogP contribution is -1.96. The molecule has 3 N–H and O–H groups in total. The zero-order chi connectivity index (χ0) is 10.4. The van der Waals surface area contributed by atoms with Crippen molar-refractivity contribution in [1.82, 2.24) is 0 Å². The lowest BCUT2D eigenvalue weighted by atomic mass is 10.1. The Morgan fingerprint density at radius 3 is 2.93 bits per heavy atom. The van der Waals surface area contributed by atoms with Crippen LogP contribution in [-0.2, 0) is 0 Å². The number of rotatable bonds is 4. The van der Waals surface area contributed by atoms with Crippen LogP contribution < -0.4 is 11.1 Å². The van der Waals surface area contributed by atoms with Gasteiger partial charge in [-0.1, -0.05) is 18.2 Å². The standard InChI is InChI=1S/C12H18N2/c1-10(5-4-8-13)11-6-3-7-12(9-11)14-2/h3,5-7,9,14H,4,8,13H2,1-2H3. The third-order valence-electron chi connectivity index (χ3n) is 2.22. The topological polar surface area (TPSA) is 38.0 Å². The molecule has 2 heteroatoms. The van der Waals surface area contributed by atoms with Gasteiger partial charge in [0.25, 0.3) is 0 Å². The van der Waals surface area contributed by atoms with E-state index < -0.39 is 0 Å². The van der Waals surface area contributed by atoms with Gasteiger partial charge in [0.15, 0.2) is 0 Å². The number of benzene rings is 1. The van der Waals surface area contributed by atoms with E-state index in [2.05, 4.69) is 42.6 Å². The first-order chi connectivity index (χ1) is 6.77. The van der Waals surface area contributed by atoms with E-state index in [4.69, 9.17) is 5.73 Å². The number of anilines is 1. The predicted octanol–water partition coefficient (Wildman–Crippen LogP) is 2.48. The molecule has 1 rings (SSSR count). The van der Waals surface area contributed by atoms with Crippen LogP contribution in [0.2, 0.25) is 0 Å². The molecule has 0 aromatic heterocycles. The van der Waals surface area contributed by atoms with Crippen LogP contribution >= 0.6 is 0 Å². The first kappa shape index (κ1) is 10.8. The van der Waals surface area contributed by atoms with E-state index in [1.54, 1.807) is 0 Å². The number of nitrogens with one attached hydrogen (secondary N) is 1. The van der Waals surface area contributed by atoms with Crippen molar-refractivity contribution < 1.29 is 0 Å². The van der Waals surface area contributed by atoms with Gasteiger partial charge in [-0.05, 0) is 43.2 Å². The molecule has 0 aliphatic rings. The Kier molecular flexibility index (Phi) is 4.20. The molecule has 76 valence electrons. The minimum absolute atomic E-state index is 0.711. The van der Waals surface area contributed by atoms with E-state index in [0.29, 0.717) is 6.54 Å². The normalized spacial score (nSPS) is 11.5. The fourth-order valence-electron chi connectivity index (χ4n) is 1.34. The molecule has 0 aliphatic heterocycles. The van der Waals surface area contributed by atoms with Gasteiger partial charge in [0, 0.05) is 12.7 Å². The molecule has 0 saturated carbocycles. The number of hydrogen-bond donors (Lipinski definition) is 2. The van der Waals surface area contributed by atoms with E-state index in [9.17, 15) is 0 Å². The van der Waals surface area contributed by atoms with Crippen LogP contribution in [-0.4, -0.2) is 13.6 Å². The van der Waals surface area contributed by atoms with Gasteiger partial charge in [-0.3, -0.25) is 0 Å². The summed E-state index contributed by atoms with van der Waals surface area (Å²) in [7, 11) is 1.93. The first-order valence-electron chi connectivity index (χ1n) is 4.93. The van der Waals surface area contributed by atoms with Crippen molar-refractivity contribution >= 4 is 11.3 Å². The van der Waals surface area contributed by atoms with Gasteiger partial charge in [-0.2, -0.15) is 0 Å². The van der Waals surface area contributed by atoms with Gasteiger partial charge in [0.2, 0.25) is 0 Å². The summed E-state index contributed by atoms with van der Waals surface area (Å²) in [5.41, 5.74) is 9.14. The maximum Gasteiger partial charge on any atom is 0.0343 e. The van der Waals surface area contributed by atoms with E-state index in [-0.39, 0.29) is 0 Å². The molecule has 0 bridgehead atoms. The average Bonchev–Trinajstić information content (AvgIpc) is 2.26. The van der Waals surface area contributed by atoms with Crippen molar-refractivity contribution in [2.45, 2.75) is 13.3 Å². The number of nitrogens with two attached hydrogens (primary N) is 1. The Labute approximate surface area is 85.8 Å². The molecule has 0 amide bonds. The van der Waals surface area contributed by atoms with E-state index in [1.807, 2.05) is 7.05 Å². The monoisotopic (exact) mass is 190 g/mol. The quantitative estimate of drug-likeness (QED) is 0.765. The predicted molar refractivity (Wildman–Crippen MR) is 63.3 cm³/mol. The van der Waals surface area contributed by atoms with E-state index in [0.717, 1.165) is 12.1 Å². The average molecular weight is 190 g/mol. The molecule has 0 unspecified atom stereocenters. The fraction of sp³-hybridized carbons (Fsp3) is 0.333. The summed E-state index contributed by atoms with van der Waals surface area (Å²) in [4.78, 5) is 0. The smallest absolute Gasteiger partial charge is 0.0343 e. The summed E-state index contributed by atoms with van der Waals surface area (Å²) in [6.45, 7) is 2.83. The van der Waals surface area contributed by atoms with Gasteiger partial charge >= 0.3 is 0 Å². The third kappa shape index (κ3) is 2.89. The Bertz CT molecular complexity index is 316.